The fraction of sp³-hybridized carbons (Fsp3) is 0.750. The molecular weight excluding hydrogens is 394 g/mol. The summed E-state index contributed by atoms with van der Waals surface area (Å²) in [6.07, 6.45) is 11.3. The molecule has 3 aliphatic rings. The summed E-state index contributed by atoms with van der Waals surface area (Å²) in [6.45, 7) is 23.2. The van der Waals surface area contributed by atoms with Crippen molar-refractivity contribution in [2.24, 2.45) is 23.2 Å². The Morgan fingerprint density at radius 3 is 2.31 bits per heavy atom. The maximum absolute atomic E-state index is 12.4. The summed E-state index contributed by atoms with van der Waals surface area (Å²) >= 11 is 0. The lowest BCUT2D eigenvalue weighted by molar-refractivity contribution is -0.122. The topological polar surface area (TPSA) is 44.4 Å². The fourth-order valence-corrected chi connectivity index (χ4v) is 5.59. The van der Waals surface area contributed by atoms with Crippen LogP contribution in [0.25, 0.3) is 0 Å². The monoisotopic (exact) mass is 441 g/mol. The number of hydrogen-bond acceptors (Lipinski definition) is 4. The number of hydrogen-bond donors (Lipinski definition) is 2. The predicted molar refractivity (Wildman–Crippen MR) is 135 cm³/mol. The van der Waals surface area contributed by atoms with Crippen molar-refractivity contribution < 1.29 is 4.79 Å². The SMILES string of the molecule is C=C(CCCNC(=C)NC(C(=C)N1C[C@@H]2CC[C@@H]2C1C(C)=O)C(C)(C)C)CCCC1CC1. The first-order valence-electron chi connectivity index (χ1n) is 12.9. The van der Waals surface area contributed by atoms with Gasteiger partial charge in [-0.1, -0.05) is 65.3 Å². The van der Waals surface area contributed by atoms with Gasteiger partial charge in [-0.25, -0.2) is 0 Å². The zero-order chi connectivity index (χ0) is 23.5. The minimum atomic E-state index is -0.0411. The number of nitrogens with one attached hydrogen (secondary N) is 2. The van der Waals surface area contributed by atoms with Gasteiger partial charge in [0.25, 0.3) is 0 Å². The van der Waals surface area contributed by atoms with Gasteiger partial charge >= 0.3 is 0 Å². The van der Waals surface area contributed by atoms with Crippen LogP contribution in [0.1, 0.15) is 85.5 Å². The molecule has 32 heavy (non-hydrogen) atoms. The number of rotatable bonds is 14. The summed E-state index contributed by atoms with van der Waals surface area (Å²) in [5.74, 6) is 3.31. The van der Waals surface area contributed by atoms with Gasteiger partial charge in [-0.2, -0.15) is 0 Å². The van der Waals surface area contributed by atoms with Crippen molar-refractivity contribution in [2.45, 2.75) is 97.6 Å². The Morgan fingerprint density at radius 1 is 1.06 bits per heavy atom. The van der Waals surface area contributed by atoms with Crippen molar-refractivity contribution in [2.75, 3.05) is 13.1 Å². The van der Waals surface area contributed by atoms with Gasteiger partial charge in [0.1, 0.15) is 0 Å². The quantitative estimate of drug-likeness (QED) is 0.265. The van der Waals surface area contributed by atoms with Crippen molar-refractivity contribution in [1.29, 1.82) is 0 Å². The average Bonchev–Trinajstić information content (AvgIpc) is 3.46. The Hall–Kier alpha value is -1.71. The minimum absolute atomic E-state index is 0.0000476. The Morgan fingerprint density at radius 2 is 1.75 bits per heavy atom. The molecule has 1 heterocycles. The second kappa shape index (κ2) is 10.5. The van der Waals surface area contributed by atoms with Crippen LogP contribution < -0.4 is 10.6 Å². The third kappa shape index (κ3) is 6.42. The summed E-state index contributed by atoms with van der Waals surface area (Å²) in [7, 11) is 0. The Balaban J connectivity index is 1.45. The molecular formula is C28H47N3O. The van der Waals surface area contributed by atoms with Crippen molar-refractivity contribution in [1.82, 2.24) is 15.5 Å². The van der Waals surface area contributed by atoms with Gasteiger partial charge < -0.3 is 15.5 Å². The molecule has 4 atom stereocenters. The van der Waals surface area contributed by atoms with Gasteiger partial charge in [-0.3, -0.25) is 4.79 Å². The molecule has 0 bridgehead atoms. The van der Waals surface area contributed by atoms with E-state index in [0.29, 0.717) is 11.8 Å². The maximum Gasteiger partial charge on any atom is 0.152 e. The lowest BCUT2D eigenvalue weighted by Gasteiger charge is -2.40. The van der Waals surface area contributed by atoms with Crippen LogP contribution in [0.3, 0.4) is 0 Å². The van der Waals surface area contributed by atoms with E-state index in [1.807, 2.05) is 0 Å². The number of ketones is 1. The van der Waals surface area contributed by atoms with E-state index in [-0.39, 0.29) is 23.3 Å². The van der Waals surface area contributed by atoms with E-state index in [2.05, 4.69) is 56.0 Å². The smallest absolute Gasteiger partial charge is 0.152 e. The van der Waals surface area contributed by atoms with E-state index in [1.165, 1.54) is 50.5 Å². The van der Waals surface area contributed by atoms with Gasteiger partial charge in [0.15, 0.2) is 5.78 Å². The first-order chi connectivity index (χ1) is 15.1. The van der Waals surface area contributed by atoms with E-state index >= 15 is 0 Å². The second-order valence-electron chi connectivity index (χ2n) is 11.7. The Labute approximate surface area is 197 Å². The zero-order valence-corrected chi connectivity index (χ0v) is 21.1. The summed E-state index contributed by atoms with van der Waals surface area (Å²) < 4.78 is 0. The van der Waals surface area contributed by atoms with E-state index < -0.39 is 0 Å². The Kier molecular flexibility index (Phi) is 8.16. The fourth-order valence-electron chi connectivity index (χ4n) is 5.59. The molecule has 0 aromatic carbocycles. The van der Waals surface area contributed by atoms with Crippen LogP contribution in [0.5, 0.6) is 0 Å². The summed E-state index contributed by atoms with van der Waals surface area (Å²) in [6, 6.07) is 0.0271. The number of nitrogens with zero attached hydrogens (tertiary/aromatic N) is 1. The molecule has 2 saturated carbocycles. The molecule has 1 aliphatic heterocycles. The third-order valence-corrected chi connectivity index (χ3v) is 7.84. The number of likely N-dealkylation sites (tertiary alicyclic amines) is 1. The van der Waals surface area contributed by atoms with Gasteiger partial charge in [0.2, 0.25) is 0 Å². The molecule has 2 N–H and O–H groups in total. The number of Topliss-reactive ketones (excluding diaryl/α,β-unsaturated/α-hetero) is 1. The lowest BCUT2D eigenvalue weighted by Crippen LogP contribution is -2.50. The lowest BCUT2D eigenvalue weighted by atomic mass is 9.72. The third-order valence-electron chi connectivity index (χ3n) is 7.84. The molecule has 3 rings (SSSR count). The molecule has 4 heteroatoms. The molecule has 0 aromatic heterocycles. The summed E-state index contributed by atoms with van der Waals surface area (Å²) in [4.78, 5) is 14.7. The van der Waals surface area contributed by atoms with E-state index in [4.69, 9.17) is 0 Å². The number of carbonyl (C=O) groups excluding carboxylic acids is 1. The highest BCUT2D eigenvalue weighted by Gasteiger charge is 2.50. The van der Waals surface area contributed by atoms with E-state index in [1.54, 1.807) is 6.92 Å². The largest absolute Gasteiger partial charge is 0.372 e. The summed E-state index contributed by atoms with van der Waals surface area (Å²) in [5, 5.41) is 7.07. The molecule has 0 aromatic rings. The molecule has 2 aliphatic carbocycles. The number of fused-ring (bicyclic) bond motifs is 1. The molecule has 4 nitrogen and oxygen atoms in total. The normalized spacial score (nSPS) is 25.5. The summed E-state index contributed by atoms with van der Waals surface area (Å²) in [5.41, 5.74) is 2.37. The van der Waals surface area contributed by atoms with E-state index in [0.717, 1.165) is 43.4 Å². The molecule has 3 fully saturated rings. The first-order valence-corrected chi connectivity index (χ1v) is 12.9. The van der Waals surface area contributed by atoms with Crippen molar-refractivity contribution in [3.05, 3.63) is 36.8 Å². The van der Waals surface area contributed by atoms with Crippen molar-refractivity contribution >= 4 is 5.78 Å². The van der Waals surface area contributed by atoms with Gasteiger partial charge in [-0.05, 0) is 68.6 Å². The van der Waals surface area contributed by atoms with Gasteiger partial charge in [0.05, 0.1) is 17.9 Å². The highest BCUT2D eigenvalue weighted by molar-refractivity contribution is 5.82. The average molecular weight is 442 g/mol. The molecule has 180 valence electrons. The van der Waals surface area contributed by atoms with Crippen molar-refractivity contribution in [3.8, 4) is 0 Å². The molecule has 1 saturated heterocycles. The van der Waals surface area contributed by atoms with Crippen LogP contribution >= 0.6 is 0 Å². The van der Waals surface area contributed by atoms with Crippen LogP contribution in [-0.2, 0) is 4.79 Å². The highest BCUT2D eigenvalue weighted by atomic mass is 16.1. The van der Waals surface area contributed by atoms with Crippen molar-refractivity contribution in [3.63, 3.8) is 0 Å². The highest BCUT2D eigenvalue weighted by Crippen LogP contribution is 2.47. The van der Waals surface area contributed by atoms with Crippen LogP contribution in [0, 0.1) is 23.2 Å². The van der Waals surface area contributed by atoms with Crippen LogP contribution in [0.4, 0.5) is 0 Å². The molecule has 2 unspecified atom stereocenters. The van der Waals surface area contributed by atoms with Crippen LogP contribution in [0.2, 0.25) is 0 Å². The van der Waals surface area contributed by atoms with Crippen LogP contribution in [-0.4, -0.2) is 35.9 Å². The Bertz CT molecular complexity index is 715. The molecule has 0 amide bonds. The van der Waals surface area contributed by atoms with Gasteiger partial charge in [-0.15, -0.1) is 0 Å². The standard InChI is InChI=1S/C28H47N3O/c1-19(10-8-12-23-13-14-23)11-9-17-29-22(4)30-27(28(5,6)7)20(2)31-18-24-15-16-25(24)26(31)21(3)32/h23-27,29-30H,1-2,4,8-18H2,3,5-7H3/t24-,25-,26?,27?/m0/s1. The molecule has 0 spiro atoms. The number of allylic oxidation sites excluding steroid dienone is 1. The first kappa shape index (κ1) is 24.9. The van der Waals surface area contributed by atoms with Gasteiger partial charge in [0, 0.05) is 18.8 Å². The van der Waals surface area contributed by atoms with Crippen LogP contribution in [0.15, 0.2) is 36.8 Å². The molecule has 0 radical (unpaired) electrons. The predicted octanol–water partition coefficient (Wildman–Crippen LogP) is 5.78. The van der Waals surface area contributed by atoms with E-state index in [9.17, 15) is 4.79 Å². The number of carbonyl (C=O) groups is 1. The second-order valence-corrected chi connectivity index (χ2v) is 11.7. The maximum atomic E-state index is 12.4. The minimum Gasteiger partial charge on any atom is -0.372 e. The zero-order valence-electron chi connectivity index (χ0n) is 21.1.